The smallest absolute Gasteiger partial charge is 0.113 e. The molecule has 1 heteroatoms. The molecule has 0 aromatic rings. The Labute approximate surface area is 73.5 Å². The van der Waals surface area contributed by atoms with Crippen LogP contribution in [-0.2, 0) is 0 Å². The molecule has 4 saturated carbocycles. The zero-order chi connectivity index (χ0) is 8.34. The maximum Gasteiger partial charge on any atom is 0.113 e. The molecule has 0 unspecified atom stereocenters. The Balaban J connectivity index is 1.96. The molecule has 4 bridgehead atoms. The van der Waals surface area contributed by atoms with Crippen LogP contribution in [0.3, 0.4) is 0 Å². The third-order valence-electron chi connectivity index (χ3n) is 4.73. The first kappa shape index (κ1) is 7.34. The van der Waals surface area contributed by atoms with Gasteiger partial charge >= 0.3 is 0 Å². The molecule has 0 aromatic heterocycles. The topological polar surface area (TPSA) is 0 Å². The Morgan fingerprint density at radius 3 is 1.75 bits per heavy atom. The zero-order valence-corrected chi connectivity index (χ0v) is 7.72. The summed E-state index contributed by atoms with van der Waals surface area (Å²) in [7, 11) is 0. The number of halogens is 1. The molecule has 0 aromatic carbocycles. The lowest BCUT2D eigenvalue weighted by molar-refractivity contribution is -0.114. The summed E-state index contributed by atoms with van der Waals surface area (Å²) in [6.07, 6.45) is 6.20. The summed E-state index contributed by atoms with van der Waals surface area (Å²) >= 11 is 0. The van der Waals surface area contributed by atoms with E-state index in [0.717, 1.165) is 11.8 Å². The molecule has 12 heavy (non-hydrogen) atoms. The fourth-order valence-corrected chi connectivity index (χ4v) is 4.11. The van der Waals surface area contributed by atoms with Crippen molar-refractivity contribution in [1.82, 2.24) is 0 Å². The van der Waals surface area contributed by atoms with Gasteiger partial charge in [-0.05, 0) is 62.7 Å². The summed E-state index contributed by atoms with van der Waals surface area (Å²) in [6.45, 7) is 1.86. The highest BCUT2D eigenvalue weighted by atomic mass is 19.1. The lowest BCUT2D eigenvalue weighted by Crippen LogP contribution is -2.53. The van der Waals surface area contributed by atoms with E-state index in [-0.39, 0.29) is 0 Å². The van der Waals surface area contributed by atoms with Crippen LogP contribution in [0.2, 0.25) is 0 Å². The minimum absolute atomic E-state index is 0.425. The second kappa shape index (κ2) is 2.05. The van der Waals surface area contributed by atoms with Gasteiger partial charge in [-0.1, -0.05) is 0 Å². The lowest BCUT2D eigenvalue weighted by Gasteiger charge is -2.56. The molecule has 0 saturated heterocycles. The predicted octanol–water partition coefficient (Wildman–Crippen LogP) is 3.17. The molecule has 0 radical (unpaired) electrons. The second-order valence-electron chi connectivity index (χ2n) is 5.46. The van der Waals surface area contributed by atoms with E-state index in [0.29, 0.717) is 11.8 Å². The molecule has 68 valence electrons. The van der Waals surface area contributed by atoms with Gasteiger partial charge in [0.05, 0.1) is 0 Å². The molecule has 0 N–H and O–H groups in total. The predicted molar refractivity (Wildman–Crippen MR) is 46.6 cm³/mol. The van der Waals surface area contributed by atoms with Gasteiger partial charge in [0.2, 0.25) is 0 Å². The second-order valence-corrected chi connectivity index (χ2v) is 5.46. The fraction of sp³-hybridized carbons (Fsp3) is 1.00. The van der Waals surface area contributed by atoms with Gasteiger partial charge in [0.25, 0.3) is 0 Å². The van der Waals surface area contributed by atoms with Crippen molar-refractivity contribution in [1.29, 1.82) is 0 Å². The summed E-state index contributed by atoms with van der Waals surface area (Å²) in [6, 6.07) is 0. The van der Waals surface area contributed by atoms with Crippen molar-refractivity contribution in [3.8, 4) is 0 Å². The van der Waals surface area contributed by atoms with E-state index < -0.39 is 5.67 Å². The number of alkyl halides is 1. The van der Waals surface area contributed by atoms with Gasteiger partial charge in [-0.25, -0.2) is 4.39 Å². The number of hydrogen-bond acceptors (Lipinski definition) is 0. The quantitative estimate of drug-likeness (QED) is 0.521. The first-order valence-corrected chi connectivity index (χ1v) is 5.35. The van der Waals surface area contributed by atoms with Crippen LogP contribution in [0.1, 0.15) is 39.0 Å². The van der Waals surface area contributed by atoms with Crippen LogP contribution in [-0.4, -0.2) is 5.67 Å². The summed E-state index contributed by atoms with van der Waals surface area (Å²) in [5, 5.41) is 0. The summed E-state index contributed by atoms with van der Waals surface area (Å²) in [5.41, 5.74) is -0.798. The molecule has 0 heterocycles. The SMILES string of the molecule is CC1(F)C2CC3CC(C2)CC1C3. The minimum Gasteiger partial charge on any atom is -0.244 e. The standard InChI is InChI=1S/C11H17F/c1-11(12)9-3-7-2-8(5-9)6-10(11)4-7/h7-10H,2-6H2,1H3. The molecule has 0 nitrogen and oxygen atoms in total. The first-order valence-electron chi connectivity index (χ1n) is 5.35. The molecule has 0 aliphatic heterocycles. The van der Waals surface area contributed by atoms with Crippen molar-refractivity contribution < 1.29 is 4.39 Å². The molecular weight excluding hydrogens is 151 g/mol. The number of rotatable bonds is 0. The summed E-state index contributed by atoms with van der Waals surface area (Å²) in [4.78, 5) is 0. The van der Waals surface area contributed by atoms with E-state index in [1.807, 2.05) is 6.92 Å². The van der Waals surface area contributed by atoms with Crippen molar-refractivity contribution in [2.75, 3.05) is 0 Å². The van der Waals surface area contributed by atoms with Gasteiger partial charge in [-0.2, -0.15) is 0 Å². The van der Waals surface area contributed by atoms with Crippen LogP contribution >= 0.6 is 0 Å². The normalized spacial score (nSPS) is 62.5. The van der Waals surface area contributed by atoms with Crippen molar-refractivity contribution >= 4 is 0 Å². The van der Waals surface area contributed by atoms with Crippen molar-refractivity contribution in [3.63, 3.8) is 0 Å². The maximum atomic E-state index is 14.2. The fourth-order valence-electron chi connectivity index (χ4n) is 4.11. The lowest BCUT2D eigenvalue weighted by atomic mass is 9.51. The molecule has 0 amide bonds. The average Bonchev–Trinajstić information content (AvgIpc) is 1.99. The summed E-state index contributed by atoms with van der Waals surface area (Å²) < 4.78 is 14.2. The number of hydrogen-bond donors (Lipinski definition) is 0. The Hall–Kier alpha value is -0.0700. The van der Waals surface area contributed by atoms with Crippen molar-refractivity contribution in [2.24, 2.45) is 23.7 Å². The van der Waals surface area contributed by atoms with Crippen LogP contribution in [0.5, 0.6) is 0 Å². The van der Waals surface area contributed by atoms with Gasteiger partial charge in [0, 0.05) is 0 Å². The van der Waals surface area contributed by atoms with Crippen LogP contribution in [0.15, 0.2) is 0 Å². The van der Waals surface area contributed by atoms with E-state index in [1.54, 1.807) is 0 Å². The summed E-state index contributed by atoms with van der Waals surface area (Å²) in [5.74, 6) is 2.65. The molecule has 0 spiro atoms. The molecule has 4 aliphatic carbocycles. The maximum absolute atomic E-state index is 14.2. The van der Waals surface area contributed by atoms with E-state index in [4.69, 9.17) is 0 Å². The highest BCUT2D eigenvalue weighted by Crippen LogP contribution is 2.59. The molecular formula is C11H17F. The third kappa shape index (κ3) is 0.777. The van der Waals surface area contributed by atoms with Gasteiger partial charge in [-0.3, -0.25) is 0 Å². The van der Waals surface area contributed by atoms with Crippen LogP contribution < -0.4 is 0 Å². The van der Waals surface area contributed by atoms with E-state index >= 15 is 0 Å². The van der Waals surface area contributed by atoms with Gasteiger partial charge in [-0.15, -0.1) is 0 Å². The Morgan fingerprint density at radius 1 is 0.917 bits per heavy atom. The highest BCUT2D eigenvalue weighted by molar-refractivity contribution is 5.04. The van der Waals surface area contributed by atoms with E-state index in [2.05, 4.69) is 0 Å². The van der Waals surface area contributed by atoms with Crippen LogP contribution in [0.25, 0.3) is 0 Å². The highest BCUT2D eigenvalue weighted by Gasteiger charge is 2.55. The van der Waals surface area contributed by atoms with E-state index in [1.165, 1.54) is 32.1 Å². The zero-order valence-electron chi connectivity index (χ0n) is 7.72. The first-order chi connectivity index (χ1) is 5.66. The third-order valence-corrected chi connectivity index (χ3v) is 4.73. The van der Waals surface area contributed by atoms with Crippen LogP contribution in [0.4, 0.5) is 4.39 Å². The Bertz CT molecular complexity index is 177. The Morgan fingerprint density at radius 2 is 1.33 bits per heavy atom. The largest absolute Gasteiger partial charge is 0.244 e. The van der Waals surface area contributed by atoms with Gasteiger partial charge in [0.15, 0.2) is 0 Å². The van der Waals surface area contributed by atoms with E-state index in [9.17, 15) is 4.39 Å². The van der Waals surface area contributed by atoms with Gasteiger partial charge < -0.3 is 0 Å². The van der Waals surface area contributed by atoms with Crippen LogP contribution in [0, 0.1) is 23.7 Å². The monoisotopic (exact) mass is 168 g/mol. The minimum atomic E-state index is -0.798. The van der Waals surface area contributed by atoms with Gasteiger partial charge in [0.1, 0.15) is 5.67 Å². The molecule has 4 rings (SSSR count). The van der Waals surface area contributed by atoms with Crippen molar-refractivity contribution in [2.45, 2.75) is 44.7 Å². The Kier molecular flexibility index (Phi) is 1.25. The molecule has 0 atom stereocenters. The average molecular weight is 168 g/mol. The van der Waals surface area contributed by atoms with Crippen molar-refractivity contribution in [3.05, 3.63) is 0 Å². The molecule has 4 aliphatic rings. The molecule has 4 fully saturated rings.